The van der Waals surface area contributed by atoms with E-state index in [9.17, 15) is 4.79 Å². The second kappa shape index (κ2) is 9.35. The van der Waals surface area contributed by atoms with Gasteiger partial charge in [-0.25, -0.2) is 0 Å². The molecule has 0 amide bonds. The van der Waals surface area contributed by atoms with Crippen molar-refractivity contribution in [1.82, 2.24) is 0 Å². The third-order valence-electron chi connectivity index (χ3n) is 0.197. The first-order valence-corrected chi connectivity index (χ1v) is 2.09. The molecule has 3 nitrogen and oxygen atoms in total. The topological polar surface area (TPSA) is 54.4 Å². The van der Waals surface area contributed by atoms with Gasteiger partial charge in [-0.3, -0.25) is 0 Å². The predicted octanol–water partition coefficient (Wildman–Crippen LogP) is -0.555. The van der Waals surface area contributed by atoms with Crippen LogP contribution >= 0.6 is 0 Å². The van der Waals surface area contributed by atoms with Gasteiger partial charge in [-0.05, 0) is 6.92 Å². The molecule has 0 fully saturated rings. The number of hydrogen-bond donors (Lipinski definition) is 1. The predicted molar refractivity (Wildman–Crippen MR) is 18.4 cm³/mol. The molecule has 0 heterocycles. The zero-order valence-electron chi connectivity index (χ0n) is 3.83. The number of carbonyl (C=O) groups excluding carboxylic acids is 1. The van der Waals surface area contributed by atoms with E-state index in [-0.39, 0.29) is 0 Å². The fraction of sp³-hybridized carbons (Fsp3) is 0.667. The van der Waals surface area contributed by atoms with Crippen LogP contribution in [0.5, 0.6) is 0 Å². The van der Waals surface area contributed by atoms with Crippen LogP contribution in [-0.4, -0.2) is 17.5 Å². The molecule has 4 heteroatoms. The van der Waals surface area contributed by atoms with E-state index in [0.717, 1.165) is 0 Å². The van der Waals surface area contributed by atoms with Crippen LogP contribution in [0, 0.1) is 0 Å². The summed E-state index contributed by atoms with van der Waals surface area (Å²) < 4.78 is 8.12. The van der Waals surface area contributed by atoms with Gasteiger partial charge < -0.3 is 9.90 Å². The van der Waals surface area contributed by atoms with Crippen molar-refractivity contribution < 1.29 is 29.9 Å². The van der Waals surface area contributed by atoms with Crippen molar-refractivity contribution in [2.75, 3.05) is 0 Å². The molecule has 0 spiro atoms. The van der Waals surface area contributed by atoms with E-state index >= 15 is 0 Å². The summed E-state index contributed by atoms with van der Waals surface area (Å²) in [7, 11) is 0. The molecule has 0 saturated heterocycles. The molecule has 42 valence electrons. The summed E-state index contributed by atoms with van der Waals surface area (Å²) in [5.74, 6) is 0. The van der Waals surface area contributed by atoms with Gasteiger partial charge in [0, 0.05) is 0 Å². The summed E-state index contributed by atoms with van der Waals surface area (Å²) in [4.78, 5) is 9.25. The van der Waals surface area contributed by atoms with E-state index in [0.29, 0.717) is 6.29 Å². The van der Waals surface area contributed by atoms with Gasteiger partial charge in [0.25, 0.3) is 0 Å². The number of aliphatic hydroxyl groups excluding tert-OH is 1. The van der Waals surface area contributed by atoms with Crippen molar-refractivity contribution in [1.29, 1.82) is 0 Å². The van der Waals surface area contributed by atoms with Crippen LogP contribution in [-0.2, 0) is 24.8 Å². The van der Waals surface area contributed by atoms with Crippen molar-refractivity contribution in [3.05, 3.63) is 0 Å². The molecule has 0 radical (unpaired) electrons. The average Bonchev–Trinajstić information content (AvgIpc) is 1.73. The van der Waals surface area contributed by atoms with Gasteiger partial charge in [-0.2, -0.15) is 0 Å². The van der Waals surface area contributed by atoms with E-state index < -0.39 is 6.10 Å². The molecule has 0 aromatic heterocycles. The molecule has 0 aliphatic carbocycles. The number of rotatable bonds is 1. The molecule has 1 unspecified atom stereocenters. The first-order chi connectivity index (χ1) is 3.27. The molecule has 1 N–H and O–H groups in total. The number of aliphatic hydroxyl groups is 1. The molecular formula is C3H6CrO3. The molecule has 0 aliphatic heterocycles. The molecule has 0 aliphatic rings. The summed E-state index contributed by atoms with van der Waals surface area (Å²) in [5, 5.41) is 7.99. The fourth-order valence-corrected chi connectivity index (χ4v) is 0. The van der Waals surface area contributed by atoms with Crippen molar-refractivity contribution in [3.63, 3.8) is 0 Å². The Morgan fingerprint density at radius 1 is 1.71 bits per heavy atom. The Morgan fingerprint density at radius 3 is 1.86 bits per heavy atom. The van der Waals surface area contributed by atoms with Gasteiger partial charge in [0.15, 0.2) is 0 Å². The quantitative estimate of drug-likeness (QED) is 0.499. The Hall–Kier alpha value is -0.0375. The normalized spacial score (nSPS) is 10.6. The summed E-state index contributed by atoms with van der Waals surface area (Å²) in [6, 6.07) is 0. The van der Waals surface area contributed by atoms with Gasteiger partial charge in [0.2, 0.25) is 0 Å². The van der Waals surface area contributed by atoms with Crippen LogP contribution in [0.2, 0.25) is 0 Å². The molecule has 1 atom stereocenters. The fourth-order valence-electron chi connectivity index (χ4n) is 0. The molecule has 0 aromatic carbocycles. The Balaban J connectivity index is 0. The minimum absolute atomic E-state index is 0.472. The van der Waals surface area contributed by atoms with E-state index in [1.165, 1.54) is 23.1 Å². The van der Waals surface area contributed by atoms with Crippen molar-refractivity contribution in [3.8, 4) is 0 Å². The Kier molecular flexibility index (Phi) is 13.4. The summed E-state index contributed by atoms with van der Waals surface area (Å²) in [6.45, 7) is 1.41. The number of carbonyl (C=O) groups is 1. The Bertz CT molecular complexity index is 45.4. The molecule has 7 heavy (non-hydrogen) atoms. The molecule has 0 aromatic rings. The second-order valence-corrected chi connectivity index (χ2v) is 0.877. The monoisotopic (exact) mass is 142 g/mol. The summed E-state index contributed by atoms with van der Waals surface area (Å²) in [5.41, 5.74) is 0. The van der Waals surface area contributed by atoms with Crippen molar-refractivity contribution in [2.45, 2.75) is 13.0 Å². The van der Waals surface area contributed by atoms with E-state index in [1.54, 1.807) is 0 Å². The number of aldehydes is 1. The van der Waals surface area contributed by atoms with Crippen molar-refractivity contribution >= 4 is 6.29 Å². The maximum atomic E-state index is 9.25. The molecule has 0 saturated carbocycles. The SMILES string of the molecule is CC(O)C=O.[O]=[Cr]. The van der Waals surface area contributed by atoms with Gasteiger partial charge in [0.1, 0.15) is 12.4 Å². The minimum atomic E-state index is -0.796. The van der Waals surface area contributed by atoms with E-state index in [2.05, 4.69) is 0 Å². The first kappa shape index (κ1) is 10.1. The molecular weight excluding hydrogens is 136 g/mol. The van der Waals surface area contributed by atoms with Crippen LogP contribution in [0.1, 0.15) is 6.92 Å². The van der Waals surface area contributed by atoms with Gasteiger partial charge in [-0.15, -0.1) is 0 Å². The zero-order valence-corrected chi connectivity index (χ0v) is 5.10. The third kappa shape index (κ3) is 24.3. The van der Waals surface area contributed by atoms with Crippen molar-refractivity contribution in [2.24, 2.45) is 0 Å². The average molecular weight is 142 g/mol. The van der Waals surface area contributed by atoms with Gasteiger partial charge in [0.05, 0.1) is 0 Å². The third-order valence-corrected chi connectivity index (χ3v) is 0.197. The number of hydrogen-bond acceptors (Lipinski definition) is 3. The maximum absolute atomic E-state index is 9.25. The van der Waals surface area contributed by atoms with E-state index in [1.807, 2.05) is 0 Å². The summed E-state index contributed by atoms with van der Waals surface area (Å²) >= 11 is 1.38. The Labute approximate surface area is 50.0 Å². The standard InChI is InChI=1S/C3H6O2.Cr.O/c1-3(5)2-4;;/h2-3,5H,1H3;;. The first-order valence-electron chi connectivity index (χ1n) is 1.57. The molecule has 0 bridgehead atoms. The van der Waals surface area contributed by atoms with Crippen LogP contribution in [0.4, 0.5) is 0 Å². The Morgan fingerprint density at radius 2 is 1.86 bits per heavy atom. The second-order valence-electron chi connectivity index (χ2n) is 0.877. The zero-order chi connectivity index (χ0) is 6.28. The van der Waals surface area contributed by atoms with Crippen LogP contribution in [0.3, 0.4) is 0 Å². The van der Waals surface area contributed by atoms with Crippen LogP contribution < -0.4 is 0 Å². The molecule has 0 rings (SSSR count). The van der Waals surface area contributed by atoms with Gasteiger partial charge >= 0.3 is 20.0 Å². The van der Waals surface area contributed by atoms with Crippen LogP contribution in [0.25, 0.3) is 0 Å². The van der Waals surface area contributed by atoms with Crippen LogP contribution in [0.15, 0.2) is 0 Å². The van der Waals surface area contributed by atoms with Gasteiger partial charge in [-0.1, -0.05) is 0 Å². The summed E-state index contributed by atoms with van der Waals surface area (Å²) in [6.07, 6.45) is -0.324. The van der Waals surface area contributed by atoms with E-state index in [4.69, 9.17) is 8.91 Å².